The third-order valence-electron chi connectivity index (χ3n) is 5.63. The Bertz CT molecular complexity index is 840. The third-order valence-corrected chi connectivity index (χ3v) is 5.63. The number of nitrogens with zero attached hydrogens (tertiary/aromatic N) is 1. The van der Waals surface area contributed by atoms with E-state index < -0.39 is 0 Å². The molecule has 0 fully saturated rings. The minimum atomic E-state index is 0.351. The van der Waals surface area contributed by atoms with Gasteiger partial charge in [-0.05, 0) is 52.7 Å². The summed E-state index contributed by atoms with van der Waals surface area (Å²) < 4.78 is 22.2. The van der Waals surface area contributed by atoms with Crippen molar-refractivity contribution in [2.75, 3.05) is 39.9 Å². The summed E-state index contributed by atoms with van der Waals surface area (Å²) in [6.45, 7) is 1.89. The van der Waals surface area contributed by atoms with Crippen molar-refractivity contribution in [3.63, 3.8) is 0 Å². The summed E-state index contributed by atoms with van der Waals surface area (Å²) in [7, 11) is 6.79. The maximum atomic E-state index is 5.66. The van der Waals surface area contributed by atoms with E-state index in [-0.39, 0.29) is 0 Å². The predicted molar refractivity (Wildman–Crippen MR) is 120 cm³/mol. The van der Waals surface area contributed by atoms with Crippen LogP contribution in [0.1, 0.15) is 28.3 Å². The van der Waals surface area contributed by atoms with Crippen LogP contribution in [-0.4, -0.2) is 44.8 Å². The van der Waals surface area contributed by atoms with E-state index in [0.29, 0.717) is 6.04 Å². The number of fused-ring (bicyclic) bond motifs is 4. The van der Waals surface area contributed by atoms with Crippen molar-refractivity contribution < 1.29 is 18.9 Å². The molecule has 2 aromatic rings. The van der Waals surface area contributed by atoms with E-state index in [0.717, 1.165) is 48.9 Å². The van der Waals surface area contributed by atoms with Gasteiger partial charge < -0.3 is 18.9 Å². The van der Waals surface area contributed by atoms with E-state index in [9.17, 15) is 0 Å². The van der Waals surface area contributed by atoms with Gasteiger partial charge in [0, 0.05) is 24.7 Å². The number of benzene rings is 2. The van der Waals surface area contributed by atoms with Gasteiger partial charge in [-0.15, -0.1) is 0 Å². The van der Waals surface area contributed by atoms with Gasteiger partial charge >= 0.3 is 0 Å². The van der Waals surface area contributed by atoms with Crippen molar-refractivity contribution >= 4 is 22.6 Å². The molecule has 0 bridgehead atoms. The van der Waals surface area contributed by atoms with E-state index >= 15 is 0 Å². The Morgan fingerprint density at radius 3 is 2.18 bits per heavy atom. The molecule has 0 saturated carbocycles. The molecule has 0 radical (unpaired) electrons. The van der Waals surface area contributed by atoms with Gasteiger partial charge in [0.15, 0.2) is 23.0 Å². The van der Waals surface area contributed by atoms with Gasteiger partial charge in [-0.1, -0.05) is 28.7 Å². The SMILES string of the molecule is CI.COc1cc2c(cc1OC)C1Cc3ccc(OC)c(OC)c3CN1CC2. The molecule has 2 aromatic carbocycles. The maximum Gasteiger partial charge on any atom is 0.165 e. The number of alkyl halides is 1. The lowest BCUT2D eigenvalue weighted by Gasteiger charge is -2.42. The summed E-state index contributed by atoms with van der Waals surface area (Å²) in [5, 5.41) is 0. The largest absolute Gasteiger partial charge is 0.493 e. The fourth-order valence-electron chi connectivity index (χ4n) is 4.32. The first-order valence-electron chi connectivity index (χ1n) is 9.29. The van der Waals surface area contributed by atoms with E-state index in [2.05, 4.69) is 45.7 Å². The molecule has 0 N–H and O–H groups in total. The normalized spacial score (nSPS) is 17.3. The molecule has 0 spiro atoms. The highest BCUT2D eigenvalue weighted by Crippen LogP contribution is 2.45. The summed E-state index contributed by atoms with van der Waals surface area (Å²) in [5.41, 5.74) is 5.26. The highest BCUT2D eigenvalue weighted by Gasteiger charge is 2.34. The van der Waals surface area contributed by atoms with Crippen molar-refractivity contribution in [2.24, 2.45) is 0 Å². The molecular formula is C22H28INO4. The minimum absolute atomic E-state index is 0.351. The number of rotatable bonds is 4. The number of methoxy groups -OCH3 is 4. The molecule has 152 valence electrons. The van der Waals surface area contributed by atoms with Crippen molar-refractivity contribution in [1.82, 2.24) is 4.90 Å². The Morgan fingerprint density at radius 1 is 0.857 bits per heavy atom. The van der Waals surface area contributed by atoms with Crippen LogP contribution in [-0.2, 0) is 19.4 Å². The molecule has 0 aliphatic carbocycles. The van der Waals surface area contributed by atoms with Gasteiger partial charge in [-0.25, -0.2) is 0 Å². The number of hydrogen-bond acceptors (Lipinski definition) is 5. The minimum Gasteiger partial charge on any atom is -0.493 e. The van der Waals surface area contributed by atoms with Crippen LogP contribution in [0.3, 0.4) is 0 Å². The monoisotopic (exact) mass is 497 g/mol. The molecule has 6 heteroatoms. The van der Waals surface area contributed by atoms with Gasteiger partial charge in [0.25, 0.3) is 0 Å². The zero-order valence-corrected chi connectivity index (χ0v) is 19.3. The predicted octanol–water partition coefficient (Wildman–Crippen LogP) is 4.43. The van der Waals surface area contributed by atoms with Crippen molar-refractivity contribution in [2.45, 2.75) is 25.4 Å². The Hall–Kier alpha value is -1.67. The molecular weight excluding hydrogens is 469 g/mol. The van der Waals surface area contributed by atoms with Crippen LogP contribution in [0.15, 0.2) is 24.3 Å². The van der Waals surface area contributed by atoms with Crippen LogP contribution in [0.5, 0.6) is 23.0 Å². The molecule has 1 unspecified atom stereocenters. The molecule has 1 atom stereocenters. The Morgan fingerprint density at radius 2 is 1.54 bits per heavy atom. The zero-order chi connectivity index (χ0) is 20.3. The van der Waals surface area contributed by atoms with Gasteiger partial charge in [-0.2, -0.15) is 0 Å². The third kappa shape index (κ3) is 3.64. The van der Waals surface area contributed by atoms with Crippen molar-refractivity contribution in [1.29, 1.82) is 0 Å². The van der Waals surface area contributed by atoms with Crippen LogP contribution in [0.2, 0.25) is 0 Å². The second-order valence-electron chi connectivity index (χ2n) is 6.79. The first-order chi connectivity index (χ1) is 13.7. The second-order valence-corrected chi connectivity index (χ2v) is 6.79. The van der Waals surface area contributed by atoms with Crippen LogP contribution in [0.4, 0.5) is 0 Å². The lowest BCUT2D eigenvalue weighted by Crippen LogP contribution is -2.39. The van der Waals surface area contributed by atoms with Crippen LogP contribution in [0.25, 0.3) is 0 Å². The molecule has 0 amide bonds. The quantitative estimate of drug-likeness (QED) is 0.462. The molecule has 2 aliphatic heterocycles. The molecule has 0 saturated heterocycles. The van der Waals surface area contributed by atoms with E-state index in [1.54, 1.807) is 28.4 Å². The Labute approximate surface area is 181 Å². The average Bonchev–Trinajstić information content (AvgIpc) is 2.77. The fraction of sp³-hybridized carbons (Fsp3) is 0.455. The van der Waals surface area contributed by atoms with E-state index in [1.165, 1.54) is 22.3 Å². The molecule has 0 aromatic heterocycles. The number of ether oxygens (including phenoxy) is 4. The molecule has 4 rings (SSSR count). The molecule has 2 aliphatic rings. The first kappa shape index (κ1) is 21.0. The summed E-state index contributed by atoms with van der Waals surface area (Å²) in [5.74, 6) is 3.27. The molecule has 28 heavy (non-hydrogen) atoms. The van der Waals surface area contributed by atoms with Crippen molar-refractivity contribution in [3.05, 3.63) is 46.5 Å². The smallest absolute Gasteiger partial charge is 0.165 e. The molecule has 2 heterocycles. The first-order valence-corrected chi connectivity index (χ1v) is 11.4. The fourth-order valence-corrected chi connectivity index (χ4v) is 4.32. The lowest BCUT2D eigenvalue weighted by molar-refractivity contribution is 0.157. The Balaban J connectivity index is 0.00000109. The van der Waals surface area contributed by atoms with Gasteiger partial charge in [0.1, 0.15) is 0 Å². The highest BCUT2D eigenvalue weighted by atomic mass is 127. The second kappa shape index (κ2) is 9.22. The summed E-state index contributed by atoms with van der Waals surface area (Å²) in [6.07, 6.45) is 1.96. The standard InChI is InChI=1S/C21H25NO4.CH3I/c1-23-18-6-5-13-9-17-15-11-20(25-3)19(24-2)10-14(15)7-8-22(17)12-16(13)21(18)26-4;1-2/h5-6,10-11,17H,7-9,12H2,1-4H3;1H3. The summed E-state index contributed by atoms with van der Waals surface area (Å²) in [4.78, 5) is 4.50. The maximum absolute atomic E-state index is 5.66. The summed E-state index contributed by atoms with van der Waals surface area (Å²) >= 11 is 2.15. The van der Waals surface area contributed by atoms with Crippen molar-refractivity contribution in [3.8, 4) is 23.0 Å². The number of hydrogen-bond donors (Lipinski definition) is 0. The van der Waals surface area contributed by atoms with Gasteiger partial charge in [0.2, 0.25) is 0 Å². The number of halogens is 1. The Kier molecular flexibility index (Phi) is 6.93. The average molecular weight is 497 g/mol. The summed E-state index contributed by atoms with van der Waals surface area (Å²) in [6, 6.07) is 8.81. The van der Waals surface area contributed by atoms with Crippen LogP contribution >= 0.6 is 22.6 Å². The van der Waals surface area contributed by atoms with Gasteiger partial charge in [0.05, 0.1) is 28.4 Å². The lowest BCUT2D eigenvalue weighted by atomic mass is 9.83. The molecule has 5 nitrogen and oxygen atoms in total. The van der Waals surface area contributed by atoms with E-state index in [4.69, 9.17) is 18.9 Å². The topological polar surface area (TPSA) is 40.2 Å². The zero-order valence-electron chi connectivity index (χ0n) is 17.2. The highest BCUT2D eigenvalue weighted by molar-refractivity contribution is 14.1. The van der Waals surface area contributed by atoms with Crippen LogP contribution in [0, 0.1) is 0 Å². The van der Waals surface area contributed by atoms with Gasteiger partial charge in [-0.3, -0.25) is 4.90 Å². The van der Waals surface area contributed by atoms with Crippen LogP contribution < -0.4 is 18.9 Å². The van der Waals surface area contributed by atoms with E-state index in [1.807, 2.05) is 11.0 Å².